The summed E-state index contributed by atoms with van der Waals surface area (Å²) in [6.45, 7) is 12.2. The molecule has 1 saturated heterocycles. The first-order valence-corrected chi connectivity index (χ1v) is 14.8. The SMILES string of the molecule is CCN1CCN(Cc2cc(NC(=O)c3ccc(C)c(-c4ccc5nc(NC(=O)C(C)C)cn5c4)c3)cc(C(F)(F)F)c2)CC1. The van der Waals surface area contributed by atoms with Gasteiger partial charge in [-0.2, -0.15) is 13.2 Å². The van der Waals surface area contributed by atoms with Crippen LogP contribution in [0.1, 0.15) is 47.8 Å². The third kappa shape index (κ3) is 7.28. The number of fused-ring (bicyclic) bond motifs is 1. The second kappa shape index (κ2) is 12.8. The monoisotopic (exact) mass is 606 g/mol. The van der Waals surface area contributed by atoms with Crippen LogP contribution in [0.15, 0.2) is 60.9 Å². The molecule has 232 valence electrons. The molecule has 11 heteroatoms. The lowest BCUT2D eigenvalue weighted by molar-refractivity contribution is -0.137. The Balaban J connectivity index is 1.37. The van der Waals surface area contributed by atoms with Crippen molar-refractivity contribution in [1.29, 1.82) is 0 Å². The number of aromatic nitrogens is 2. The number of nitrogens with zero attached hydrogens (tertiary/aromatic N) is 4. The summed E-state index contributed by atoms with van der Waals surface area (Å²) in [6.07, 6.45) is -0.965. The average molecular weight is 607 g/mol. The molecule has 0 radical (unpaired) electrons. The summed E-state index contributed by atoms with van der Waals surface area (Å²) in [4.78, 5) is 34.3. The normalized spacial score (nSPS) is 14.7. The van der Waals surface area contributed by atoms with Crippen molar-refractivity contribution in [1.82, 2.24) is 19.2 Å². The van der Waals surface area contributed by atoms with Gasteiger partial charge in [-0.05, 0) is 78.2 Å². The number of carbonyl (C=O) groups excluding carboxylic acids is 2. The number of rotatable bonds is 8. The lowest BCUT2D eigenvalue weighted by Gasteiger charge is -2.34. The van der Waals surface area contributed by atoms with Crippen LogP contribution in [0.5, 0.6) is 0 Å². The molecule has 5 rings (SSSR count). The Kier molecular flexibility index (Phi) is 9.07. The highest BCUT2D eigenvalue weighted by Gasteiger charge is 2.31. The van der Waals surface area contributed by atoms with Gasteiger partial charge in [0.1, 0.15) is 5.65 Å². The van der Waals surface area contributed by atoms with E-state index in [0.29, 0.717) is 29.1 Å². The molecule has 1 aliphatic rings. The highest BCUT2D eigenvalue weighted by molar-refractivity contribution is 6.05. The number of halogens is 3. The highest BCUT2D eigenvalue weighted by atomic mass is 19.4. The molecule has 8 nitrogen and oxygen atoms in total. The van der Waals surface area contributed by atoms with Crippen LogP contribution >= 0.6 is 0 Å². The number of pyridine rings is 1. The zero-order valence-electron chi connectivity index (χ0n) is 25.3. The molecule has 1 fully saturated rings. The summed E-state index contributed by atoms with van der Waals surface area (Å²) >= 11 is 0. The van der Waals surface area contributed by atoms with E-state index in [2.05, 4.69) is 32.3 Å². The minimum atomic E-state index is -4.54. The fourth-order valence-corrected chi connectivity index (χ4v) is 5.30. The minimum Gasteiger partial charge on any atom is -0.322 e. The van der Waals surface area contributed by atoms with E-state index in [1.807, 2.05) is 31.3 Å². The molecule has 0 saturated carbocycles. The third-order valence-corrected chi connectivity index (χ3v) is 7.93. The Bertz CT molecular complexity index is 1670. The quantitative estimate of drug-likeness (QED) is 0.246. The number of imidazole rings is 1. The summed E-state index contributed by atoms with van der Waals surface area (Å²) in [5, 5.41) is 5.50. The van der Waals surface area contributed by atoms with Crippen LogP contribution in [0.4, 0.5) is 24.7 Å². The van der Waals surface area contributed by atoms with Crippen molar-refractivity contribution < 1.29 is 22.8 Å². The number of amides is 2. The summed E-state index contributed by atoms with van der Waals surface area (Å²) in [7, 11) is 0. The maximum Gasteiger partial charge on any atom is 0.416 e. The third-order valence-electron chi connectivity index (χ3n) is 7.93. The van der Waals surface area contributed by atoms with Gasteiger partial charge in [0.2, 0.25) is 5.91 Å². The van der Waals surface area contributed by atoms with Gasteiger partial charge in [-0.1, -0.05) is 26.8 Å². The Morgan fingerprint density at radius 1 is 0.932 bits per heavy atom. The molecule has 2 amide bonds. The summed E-state index contributed by atoms with van der Waals surface area (Å²) in [6, 6.07) is 12.7. The van der Waals surface area contributed by atoms with Gasteiger partial charge in [0.05, 0.1) is 11.8 Å². The molecule has 0 bridgehead atoms. The number of hydrogen-bond acceptors (Lipinski definition) is 5. The number of aryl methyl sites for hydroxylation is 1. The topological polar surface area (TPSA) is 82.0 Å². The molecule has 0 unspecified atom stereocenters. The van der Waals surface area contributed by atoms with Crippen LogP contribution in [-0.2, 0) is 17.5 Å². The Hall–Kier alpha value is -4.22. The average Bonchev–Trinajstić information content (AvgIpc) is 3.38. The second-order valence-electron chi connectivity index (χ2n) is 11.6. The van der Waals surface area contributed by atoms with Gasteiger partial charge in [0.25, 0.3) is 5.91 Å². The molecule has 0 aliphatic carbocycles. The number of carbonyl (C=O) groups is 2. The lowest BCUT2D eigenvalue weighted by atomic mass is 9.99. The van der Waals surface area contributed by atoms with E-state index in [1.54, 1.807) is 42.6 Å². The van der Waals surface area contributed by atoms with E-state index in [0.717, 1.165) is 61.5 Å². The highest BCUT2D eigenvalue weighted by Crippen LogP contribution is 2.33. The van der Waals surface area contributed by atoms with Crippen molar-refractivity contribution in [2.75, 3.05) is 43.4 Å². The predicted molar refractivity (Wildman–Crippen MR) is 166 cm³/mol. The van der Waals surface area contributed by atoms with Crippen LogP contribution in [0.2, 0.25) is 0 Å². The lowest BCUT2D eigenvalue weighted by Crippen LogP contribution is -2.45. The van der Waals surface area contributed by atoms with Crippen LogP contribution in [0.25, 0.3) is 16.8 Å². The van der Waals surface area contributed by atoms with Gasteiger partial charge in [0.15, 0.2) is 5.82 Å². The Morgan fingerprint density at radius 2 is 1.66 bits per heavy atom. The van der Waals surface area contributed by atoms with Crippen LogP contribution < -0.4 is 10.6 Å². The number of nitrogens with one attached hydrogen (secondary N) is 2. The maximum absolute atomic E-state index is 13.8. The molecule has 0 spiro atoms. The fourth-order valence-electron chi connectivity index (χ4n) is 5.30. The molecular weight excluding hydrogens is 569 g/mol. The van der Waals surface area contributed by atoms with Crippen molar-refractivity contribution in [3.8, 4) is 11.1 Å². The van der Waals surface area contributed by atoms with Crippen molar-refractivity contribution in [2.45, 2.75) is 40.4 Å². The van der Waals surface area contributed by atoms with E-state index >= 15 is 0 Å². The Morgan fingerprint density at radius 3 is 2.34 bits per heavy atom. The van der Waals surface area contributed by atoms with E-state index < -0.39 is 17.6 Å². The summed E-state index contributed by atoms with van der Waals surface area (Å²) in [5.74, 6) is -0.383. The van der Waals surface area contributed by atoms with Gasteiger partial charge in [-0.15, -0.1) is 0 Å². The van der Waals surface area contributed by atoms with Gasteiger partial charge in [-0.25, -0.2) is 4.98 Å². The zero-order chi connectivity index (χ0) is 31.6. The minimum absolute atomic E-state index is 0.102. The largest absolute Gasteiger partial charge is 0.416 e. The molecule has 2 N–H and O–H groups in total. The van der Waals surface area contributed by atoms with Crippen molar-refractivity contribution in [2.24, 2.45) is 5.92 Å². The number of likely N-dealkylation sites (N-methyl/N-ethyl adjacent to an activating group) is 1. The van der Waals surface area contributed by atoms with Gasteiger partial charge < -0.3 is 19.9 Å². The number of piperazine rings is 1. The summed E-state index contributed by atoms with van der Waals surface area (Å²) in [5.41, 5.74) is 3.29. The van der Waals surface area contributed by atoms with Gasteiger partial charge in [0, 0.05) is 56.1 Å². The van der Waals surface area contributed by atoms with Crippen LogP contribution in [-0.4, -0.2) is 63.7 Å². The molecule has 1 aliphatic heterocycles. The van der Waals surface area contributed by atoms with Crippen molar-refractivity contribution in [3.05, 3.63) is 83.2 Å². The Labute approximate surface area is 254 Å². The first-order chi connectivity index (χ1) is 20.9. The number of hydrogen-bond donors (Lipinski definition) is 2. The first kappa shape index (κ1) is 31.2. The number of benzene rings is 2. The van der Waals surface area contributed by atoms with Gasteiger partial charge >= 0.3 is 6.18 Å². The summed E-state index contributed by atoms with van der Waals surface area (Å²) < 4.78 is 43.3. The van der Waals surface area contributed by atoms with Crippen molar-refractivity contribution >= 4 is 29.0 Å². The standard InChI is InChI=1S/C33H37F3N6O2/c1-5-40-10-12-41(13-11-40)18-23-14-26(33(34,35)36)17-27(15-23)37-32(44)24-7-6-22(4)28(16-24)25-8-9-30-38-29(20-42(30)19-25)39-31(43)21(2)3/h6-9,14-17,19-21H,5,10-13,18H2,1-4H3,(H,37,44)(H,39,43). The molecule has 44 heavy (non-hydrogen) atoms. The predicted octanol–water partition coefficient (Wildman–Crippen LogP) is 6.31. The van der Waals surface area contributed by atoms with Crippen LogP contribution in [0.3, 0.4) is 0 Å². The molecule has 2 aromatic carbocycles. The second-order valence-corrected chi connectivity index (χ2v) is 11.6. The van der Waals surface area contributed by atoms with Crippen LogP contribution in [0, 0.1) is 12.8 Å². The zero-order valence-corrected chi connectivity index (χ0v) is 25.3. The number of anilines is 2. The molecule has 2 aromatic heterocycles. The number of alkyl halides is 3. The molecular formula is C33H37F3N6O2. The fraction of sp³-hybridized carbons (Fsp3) is 0.364. The first-order valence-electron chi connectivity index (χ1n) is 14.8. The smallest absolute Gasteiger partial charge is 0.322 e. The van der Waals surface area contributed by atoms with Crippen molar-refractivity contribution in [3.63, 3.8) is 0 Å². The van der Waals surface area contributed by atoms with Gasteiger partial charge in [-0.3, -0.25) is 14.5 Å². The molecule has 3 heterocycles. The van der Waals surface area contributed by atoms with E-state index in [9.17, 15) is 22.8 Å². The molecule has 0 atom stereocenters. The molecule has 4 aromatic rings. The maximum atomic E-state index is 13.8. The van der Waals surface area contributed by atoms with E-state index in [4.69, 9.17) is 0 Å². The van der Waals surface area contributed by atoms with E-state index in [-0.39, 0.29) is 17.5 Å². The van der Waals surface area contributed by atoms with E-state index in [1.165, 1.54) is 0 Å².